The second kappa shape index (κ2) is 4.45. The van der Waals surface area contributed by atoms with E-state index in [0.717, 1.165) is 11.3 Å². The molecule has 0 atom stereocenters. The van der Waals surface area contributed by atoms with Crippen LogP contribution < -0.4 is 10.6 Å². The maximum absolute atomic E-state index is 5.65. The molecule has 2 rings (SSSR count). The SMILES string of the molecule is Cc1nc(N)ccc1-c1ccc(N(C)C)cc1. The monoisotopic (exact) mass is 227 g/mol. The molecule has 88 valence electrons. The maximum Gasteiger partial charge on any atom is 0.123 e. The Labute approximate surface area is 102 Å². The number of nitrogens with zero attached hydrogens (tertiary/aromatic N) is 2. The molecule has 0 spiro atoms. The molecule has 0 aliphatic heterocycles. The van der Waals surface area contributed by atoms with Gasteiger partial charge in [-0.25, -0.2) is 4.98 Å². The summed E-state index contributed by atoms with van der Waals surface area (Å²) in [5, 5.41) is 0. The van der Waals surface area contributed by atoms with Crippen molar-refractivity contribution in [2.24, 2.45) is 0 Å². The summed E-state index contributed by atoms with van der Waals surface area (Å²) in [4.78, 5) is 6.36. The lowest BCUT2D eigenvalue weighted by Crippen LogP contribution is -2.07. The third-order valence-corrected chi connectivity index (χ3v) is 2.80. The number of benzene rings is 1. The van der Waals surface area contributed by atoms with Gasteiger partial charge in [-0.15, -0.1) is 0 Å². The Hall–Kier alpha value is -2.03. The third-order valence-electron chi connectivity index (χ3n) is 2.80. The van der Waals surface area contributed by atoms with Gasteiger partial charge in [0.25, 0.3) is 0 Å². The fraction of sp³-hybridized carbons (Fsp3) is 0.214. The van der Waals surface area contributed by atoms with Gasteiger partial charge < -0.3 is 10.6 Å². The first kappa shape index (κ1) is 11.5. The zero-order chi connectivity index (χ0) is 12.4. The molecule has 0 aliphatic rings. The highest BCUT2D eigenvalue weighted by Crippen LogP contribution is 2.25. The predicted octanol–water partition coefficient (Wildman–Crippen LogP) is 2.71. The number of pyridine rings is 1. The molecule has 0 fully saturated rings. The number of rotatable bonds is 2. The first-order chi connectivity index (χ1) is 8.08. The second-order valence-corrected chi connectivity index (χ2v) is 4.31. The average molecular weight is 227 g/mol. The minimum atomic E-state index is 0.566. The topological polar surface area (TPSA) is 42.1 Å². The summed E-state index contributed by atoms with van der Waals surface area (Å²) in [6, 6.07) is 12.3. The van der Waals surface area contributed by atoms with Crippen LogP contribution in [-0.2, 0) is 0 Å². The van der Waals surface area contributed by atoms with Gasteiger partial charge in [0, 0.05) is 31.0 Å². The van der Waals surface area contributed by atoms with Gasteiger partial charge in [-0.1, -0.05) is 12.1 Å². The standard InChI is InChI=1S/C14H17N3/c1-10-13(8-9-14(15)16-10)11-4-6-12(7-5-11)17(2)3/h4-9H,1-3H3,(H2,15,16). The normalized spacial score (nSPS) is 10.3. The van der Waals surface area contributed by atoms with Crippen LogP contribution >= 0.6 is 0 Å². The van der Waals surface area contributed by atoms with Gasteiger partial charge in [-0.2, -0.15) is 0 Å². The van der Waals surface area contributed by atoms with Crippen LogP contribution in [0.4, 0.5) is 11.5 Å². The largest absolute Gasteiger partial charge is 0.384 e. The molecule has 0 saturated carbocycles. The van der Waals surface area contributed by atoms with Gasteiger partial charge in [0.1, 0.15) is 5.82 Å². The zero-order valence-corrected chi connectivity index (χ0v) is 10.4. The van der Waals surface area contributed by atoms with Gasteiger partial charge in [0.15, 0.2) is 0 Å². The van der Waals surface area contributed by atoms with Gasteiger partial charge >= 0.3 is 0 Å². The molecule has 3 nitrogen and oxygen atoms in total. The highest BCUT2D eigenvalue weighted by Gasteiger charge is 2.03. The van der Waals surface area contributed by atoms with Crippen LogP contribution in [0.25, 0.3) is 11.1 Å². The molecule has 0 saturated heterocycles. The summed E-state index contributed by atoms with van der Waals surface area (Å²) < 4.78 is 0. The molecule has 0 aliphatic carbocycles. The molecule has 0 radical (unpaired) electrons. The summed E-state index contributed by atoms with van der Waals surface area (Å²) in [6.45, 7) is 1.98. The summed E-state index contributed by atoms with van der Waals surface area (Å²) in [5.41, 5.74) is 10.1. The molecule has 2 aromatic rings. The van der Waals surface area contributed by atoms with Crippen molar-refractivity contribution < 1.29 is 0 Å². The molecule has 1 aromatic heterocycles. The van der Waals surface area contributed by atoms with Crippen LogP contribution in [-0.4, -0.2) is 19.1 Å². The number of aryl methyl sites for hydroxylation is 1. The molecule has 0 bridgehead atoms. The van der Waals surface area contributed by atoms with Crippen LogP contribution in [0.3, 0.4) is 0 Å². The average Bonchev–Trinajstić information content (AvgIpc) is 2.29. The Morgan fingerprint density at radius 3 is 2.18 bits per heavy atom. The zero-order valence-electron chi connectivity index (χ0n) is 10.4. The second-order valence-electron chi connectivity index (χ2n) is 4.31. The molecular weight excluding hydrogens is 210 g/mol. The van der Waals surface area contributed by atoms with Gasteiger partial charge in [0.2, 0.25) is 0 Å². The molecular formula is C14H17N3. The first-order valence-corrected chi connectivity index (χ1v) is 5.59. The van der Waals surface area contributed by atoms with Crippen molar-refractivity contribution in [1.29, 1.82) is 0 Å². The van der Waals surface area contributed by atoms with E-state index in [1.165, 1.54) is 11.3 Å². The number of aromatic nitrogens is 1. The van der Waals surface area contributed by atoms with Crippen molar-refractivity contribution in [3.63, 3.8) is 0 Å². The number of hydrogen-bond acceptors (Lipinski definition) is 3. The summed E-state index contributed by atoms with van der Waals surface area (Å²) in [5.74, 6) is 0.566. The van der Waals surface area contributed by atoms with E-state index in [4.69, 9.17) is 5.73 Å². The maximum atomic E-state index is 5.65. The first-order valence-electron chi connectivity index (χ1n) is 5.59. The molecule has 0 amide bonds. The summed E-state index contributed by atoms with van der Waals surface area (Å²) >= 11 is 0. The van der Waals surface area contributed by atoms with Gasteiger partial charge in [-0.05, 0) is 36.8 Å². The fourth-order valence-corrected chi connectivity index (χ4v) is 1.82. The number of nitrogens with two attached hydrogens (primary N) is 1. The lowest BCUT2D eigenvalue weighted by atomic mass is 10.0. The van der Waals surface area contributed by atoms with E-state index >= 15 is 0 Å². The van der Waals surface area contributed by atoms with Crippen LogP contribution in [0.15, 0.2) is 36.4 Å². The fourth-order valence-electron chi connectivity index (χ4n) is 1.82. The molecule has 1 aromatic carbocycles. The van der Waals surface area contributed by atoms with Gasteiger partial charge in [0.05, 0.1) is 0 Å². The van der Waals surface area contributed by atoms with E-state index in [1.54, 1.807) is 0 Å². The molecule has 1 heterocycles. The molecule has 3 heteroatoms. The van der Waals surface area contributed by atoms with Crippen LogP contribution in [0.5, 0.6) is 0 Å². The van der Waals surface area contributed by atoms with Crippen molar-refractivity contribution in [1.82, 2.24) is 4.98 Å². The van der Waals surface area contributed by atoms with E-state index in [2.05, 4.69) is 34.1 Å². The highest BCUT2D eigenvalue weighted by atomic mass is 15.1. The van der Waals surface area contributed by atoms with Crippen molar-refractivity contribution in [2.45, 2.75) is 6.92 Å². The number of nitrogen functional groups attached to an aromatic ring is 1. The molecule has 17 heavy (non-hydrogen) atoms. The van der Waals surface area contributed by atoms with E-state index < -0.39 is 0 Å². The number of hydrogen-bond donors (Lipinski definition) is 1. The Bertz CT molecular complexity index is 515. The van der Waals surface area contributed by atoms with Crippen LogP contribution in [0.2, 0.25) is 0 Å². The van der Waals surface area contributed by atoms with E-state index in [0.29, 0.717) is 5.82 Å². The Morgan fingerprint density at radius 1 is 1.00 bits per heavy atom. The van der Waals surface area contributed by atoms with Crippen molar-refractivity contribution in [3.8, 4) is 11.1 Å². The highest BCUT2D eigenvalue weighted by molar-refractivity contribution is 5.69. The molecule has 0 unspecified atom stereocenters. The minimum Gasteiger partial charge on any atom is -0.384 e. The Balaban J connectivity index is 2.40. The van der Waals surface area contributed by atoms with Crippen molar-refractivity contribution >= 4 is 11.5 Å². The summed E-state index contributed by atoms with van der Waals surface area (Å²) in [6.07, 6.45) is 0. The van der Waals surface area contributed by atoms with E-state index in [-0.39, 0.29) is 0 Å². The van der Waals surface area contributed by atoms with Crippen molar-refractivity contribution in [3.05, 3.63) is 42.1 Å². The van der Waals surface area contributed by atoms with E-state index in [1.807, 2.05) is 33.2 Å². The smallest absolute Gasteiger partial charge is 0.123 e. The lowest BCUT2D eigenvalue weighted by Gasteiger charge is -2.13. The number of anilines is 2. The Morgan fingerprint density at radius 2 is 1.65 bits per heavy atom. The van der Waals surface area contributed by atoms with E-state index in [9.17, 15) is 0 Å². The predicted molar refractivity (Wildman–Crippen MR) is 73.1 cm³/mol. The van der Waals surface area contributed by atoms with Crippen molar-refractivity contribution in [2.75, 3.05) is 24.7 Å². The van der Waals surface area contributed by atoms with Crippen LogP contribution in [0.1, 0.15) is 5.69 Å². The summed E-state index contributed by atoms with van der Waals surface area (Å²) in [7, 11) is 4.07. The minimum absolute atomic E-state index is 0.566. The van der Waals surface area contributed by atoms with Crippen LogP contribution in [0, 0.1) is 6.92 Å². The third kappa shape index (κ3) is 2.38. The quantitative estimate of drug-likeness (QED) is 0.857. The Kier molecular flexibility index (Phi) is 3.00. The van der Waals surface area contributed by atoms with Gasteiger partial charge in [-0.3, -0.25) is 0 Å². The molecule has 2 N–H and O–H groups in total. The lowest BCUT2D eigenvalue weighted by molar-refractivity contribution is 1.13.